The predicted molar refractivity (Wildman–Crippen MR) is 119 cm³/mol. The maximum Gasteiger partial charge on any atom is 0.277 e. The van der Waals surface area contributed by atoms with Crippen LogP contribution in [0.25, 0.3) is 0 Å². The van der Waals surface area contributed by atoms with Crippen LogP contribution in [-0.2, 0) is 25.1 Å². The van der Waals surface area contributed by atoms with Crippen LogP contribution >= 0.6 is 11.8 Å². The second kappa shape index (κ2) is 10.4. The summed E-state index contributed by atoms with van der Waals surface area (Å²) in [5.41, 5.74) is 1.77. The molecule has 0 saturated heterocycles. The third kappa shape index (κ3) is 5.87. The van der Waals surface area contributed by atoms with E-state index >= 15 is 0 Å². The minimum absolute atomic E-state index is 0.0792. The fourth-order valence-corrected chi connectivity index (χ4v) is 4.26. The normalized spacial score (nSPS) is 11.0. The molecule has 4 rings (SSSR count). The molecule has 2 aromatic carbocycles. The summed E-state index contributed by atoms with van der Waals surface area (Å²) in [6.07, 6.45) is 7.38. The highest BCUT2D eigenvalue weighted by molar-refractivity contribution is 7.98. The zero-order valence-electron chi connectivity index (χ0n) is 17.4. The van der Waals surface area contributed by atoms with Crippen molar-refractivity contribution in [3.63, 3.8) is 0 Å². The van der Waals surface area contributed by atoms with Gasteiger partial charge in [0.25, 0.3) is 5.56 Å². The fraction of sp³-hybridized carbons (Fsp3) is 0.167. The molecule has 0 N–H and O–H groups in total. The number of aromatic nitrogens is 4. The molecule has 168 valence electrons. The largest absolute Gasteiger partial charge is 0.327 e. The molecule has 33 heavy (non-hydrogen) atoms. The molecule has 0 saturated carbocycles. The molecule has 0 unspecified atom stereocenters. The number of nitrogens with zero attached hydrogens (tertiary/aromatic N) is 4. The Balaban J connectivity index is 1.62. The third-order valence-corrected chi connectivity index (χ3v) is 5.99. The second-order valence-corrected chi connectivity index (χ2v) is 8.30. The van der Waals surface area contributed by atoms with Crippen LogP contribution < -0.4 is 5.56 Å². The van der Waals surface area contributed by atoms with Gasteiger partial charge in [-0.25, -0.2) is 23.1 Å². The van der Waals surface area contributed by atoms with Gasteiger partial charge in [0, 0.05) is 54.5 Å². The van der Waals surface area contributed by atoms with Gasteiger partial charge >= 0.3 is 0 Å². The molecular weight excluding hydrogens is 449 g/mol. The number of thioether (sulfide) groups is 1. The van der Waals surface area contributed by atoms with Crippen LogP contribution in [0.2, 0.25) is 0 Å². The van der Waals surface area contributed by atoms with E-state index in [0.717, 1.165) is 29.0 Å². The van der Waals surface area contributed by atoms with Crippen molar-refractivity contribution >= 4 is 11.8 Å². The molecule has 5 nitrogen and oxygen atoms in total. The Hall–Kier alpha value is -3.46. The lowest BCUT2D eigenvalue weighted by Crippen LogP contribution is -2.20. The first-order chi connectivity index (χ1) is 16.0. The van der Waals surface area contributed by atoms with E-state index in [0.29, 0.717) is 36.2 Å². The first kappa shape index (κ1) is 22.7. The zero-order valence-corrected chi connectivity index (χ0v) is 18.2. The quantitative estimate of drug-likeness (QED) is 0.215. The molecule has 0 amide bonds. The minimum Gasteiger partial charge on any atom is -0.327 e. The molecule has 0 fully saturated rings. The van der Waals surface area contributed by atoms with Crippen molar-refractivity contribution in [1.29, 1.82) is 0 Å². The average molecular weight is 469 g/mol. The maximum absolute atomic E-state index is 14.1. The summed E-state index contributed by atoms with van der Waals surface area (Å²) in [6, 6.07) is 11.2. The molecule has 0 aliphatic rings. The first-order valence-electron chi connectivity index (χ1n) is 10.1. The van der Waals surface area contributed by atoms with Gasteiger partial charge in [0.2, 0.25) is 0 Å². The lowest BCUT2D eigenvalue weighted by atomic mass is 10.1. The summed E-state index contributed by atoms with van der Waals surface area (Å²) < 4.78 is 43.0. The van der Waals surface area contributed by atoms with Gasteiger partial charge < -0.3 is 4.57 Å². The number of aryl methyl sites for hydroxylation is 2. The van der Waals surface area contributed by atoms with Crippen molar-refractivity contribution in [3.8, 4) is 0 Å². The number of rotatable bonds is 8. The van der Waals surface area contributed by atoms with E-state index < -0.39 is 23.0 Å². The molecule has 0 bridgehead atoms. The van der Waals surface area contributed by atoms with Crippen molar-refractivity contribution in [1.82, 2.24) is 19.5 Å². The van der Waals surface area contributed by atoms with Gasteiger partial charge in [-0.3, -0.25) is 4.79 Å². The summed E-state index contributed by atoms with van der Waals surface area (Å²) >= 11 is 1.05. The van der Waals surface area contributed by atoms with E-state index in [9.17, 15) is 18.0 Å². The monoisotopic (exact) mass is 468 g/mol. The van der Waals surface area contributed by atoms with Crippen molar-refractivity contribution < 1.29 is 13.2 Å². The fourth-order valence-electron chi connectivity index (χ4n) is 3.31. The van der Waals surface area contributed by atoms with Gasteiger partial charge in [0.05, 0.1) is 0 Å². The van der Waals surface area contributed by atoms with Gasteiger partial charge in [-0.05, 0) is 23.6 Å². The van der Waals surface area contributed by atoms with Gasteiger partial charge in [0.15, 0.2) is 16.8 Å². The minimum atomic E-state index is -1.25. The summed E-state index contributed by atoms with van der Waals surface area (Å²) in [6.45, 7) is 0.512. The molecular formula is C24H19F3N4OS. The predicted octanol–water partition coefficient (Wildman–Crippen LogP) is 4.58. The van der Waals surface area contributed by atoms with E-state index in [2.05, 4.69) is 15.0 Å². The first-order valence-corrected chi connectivity index (χ1v) is 11.1. The van der Waals surface area contributed by atoms with Crippen LogP contribution in [0.3, 0.4) is 0 Å². The Labute approximate surface area is 192 Å². The molecule has 0 spiro atoms. The maximum atomic E-state index is 14.1. The topological polar surface area (TPSA) is 60.7 Å². The molecule has 0 radical (unpaired) electrons. The number of benzene rings is 2. The third-order valence-electron chi connectivity index (χ3n) is 4.95. The second-order valence-electron chi connectivity index (χ2n) is 7.36. The number of halogens is 3. The van der Waals surface area contributed by atoms with E-state index in [1.54, 1.807) is 18.6 Å². The van der Waals surface area contributed by atoms with E-state index in [4.69, 9.17) is 0 Å². The van der Waals surface area contributed by atoms with Crippen LogP contribution in [0, 0.1) is 17.5 Å². The van der Waals surface area contributed by atoms with Crippen LogP contribution in [-0.4, -0.2) is 19.5 Å². The van der Waals surface area contributed by atoms with Gasteiger partial charge in [-0.2, -0.15) is 4.98 Å². The van der Waals surface area contributed by atoms with Gasteiger partial charge in [0.1, 0.15) is 12.1 Å². The van der Waals surface area contributed by atoms with E-state index in [1.807, 2.05) is 34.9 Å². The molecule has 0 atom stereocenters. The van der Waals surface area contributed by atoms with Crippen LogP contribution in [0.1, 0.15) is 22.3 Å². The highest BCUT2D eigenvalue weighted by atomic mass is 32.2. The van der Waals surface area contributed by atoms with E-state index in [1.165, 1.54) is 6.33 Å². The van der Waals surface area contributed by atoms with E-state index in [-0.39, 0.29) is 11.3 Å². The van der Waals surface area contributed by atoms with Crippen LogP contribution in [0.4, 0.5) is 13.2 Å². The lowest BCUT2D eigenvalue weighted by Gasteiger charge is -2.14. The Kier molecular flexibility index (Phi) is 7.19. The van der Waals surface area contributed by atoms with Crippen molar-refractivity contribution in [2.75, 3.05) is 0 Å². The van der Waals surface area contributed by atoms with Crippen molar-refractivity contribution in [3.05, 3.63) is 117 Å². The summed E-state index contributed by atoms with van der Waals surface area (Å²) in [7, 11) is 0. The Morgan fingerprint density at radius 3 is 2.45 bits per heavy atom. The van der Waals surface area contributed by atoms with Gasteiger partial charge in [-0.15, -0.1) is 0 Å². The smallest absolute Gasteiger partial charge is 0.277 e. The SMILES string of the molecule is O=c1nc(SCc2cc(F)cc(F)c2F)n(CCc2ccccc2)cc1Cc1cncnc1. The van der Waals surface area contributed by atoms with Gasteiger partial charge in [-0.1, -0.05) is 42.1 Å². The summed E-state index contributed by atoms with van der Waals surface area (Å²) in [5, 5.41) is 0.341. The molecule has 2 aromatic heterocycles. The van der Waals surface area contributed by atoms with Crippen molar-refractivity contribution in [2.45, 2.75) is 30.3 Å². The summed E-state index contributed by atoms with van der Waals surface area (Å²) in [4.78, 5) is 24.8. The van der Waals surface area contributed by atoms with Crippen molar-refractivity contribution in [2.24, 2.45) is 0 Å². The highest BCUT2D eigenvalue weighted by Gasteiger charge is 2.15. The molecule has 4 aromatic rings. The number of hydrogen-bond donors (Lipinski definition) is 0. The Morgan fingerprint density at radius 1 is 0.939 bits per heavy atom. The Morgan fingerprint density at radius 2 is 1.70 bits per heavy atom. The zero-order chi connectivity index (χ0) is 23.2. The standard InChI is InChI=1S/C24H19F3N4OS/c25-20-9-19(22(27)21(26)10-20)14-33-24-30-23(32)18(8-17-11-28-15-29-12-17)13-31(24)7-6-16-4-2-1-3-5-16/h1-5,9-13,15H,6-8,14H2. The lowest BCUT2D eigenvalue weighted by molar-refractivity contribution is 0.488. The Bertz CT molecular complexity index is 1300. The summed E-state index contributed by atoms with van der Waals surface area (Å²) in [5.74, 6) is -3.30. The number of hydrogen-bond acceptors (Lipinski definition) is 5. The van der Waals surface area contributed by atoms with Crippen LogP contribution in [0.15, 0.2) is 77.3 Å². The highest BCUT2D eigenvalue weighted by Crippen LogP contribution is 2.25. The average Bonchev–Trinajstić information content (AvgIpc) is 2.82. The molecule has 2 heterocycles. The molecule has 0 aliphatic heterocycles. The molecule has 0 aliphatic carbocycles. The van der Waals surface area contributed by atoms with Crippen LogP contribution in [0.5, 0.6) is 0 Å². The molecule has 9 heteroatoms.